The molecule has 0 amide bonds. The second-order valence-electron chi connectivity index (χ2n) is 10.3. The number of halogens is 1. The van der Waals surface area contributed by atoms with Crippen LogP contribution < -0.4 is 5.56 Å². The van der Waals surface area contributed by atoms with Gasteiger partial charge < -0.3 is 4.42 Å². The van der Waals surface area contributed by atoms with Crippen LogP contribution in [0, 0.1) is 17.3 Å². The van der Waals surface area contributed by atoms with Gasteiger partial charge in [0, 0.05) is 33.7 Å². The van der Waals surface area contributed by atoms with E-state index >= 15 is 0 Å². The van der Waals surface area contributed by atoms with Crippen LogP contribution in [0.3, 0.4) is 0 Å². The van der Waals surface area contributed by atoms with Gasteiger partial charge in [-0.2, -0.15) is 9.78 Å². The molecule has 1 aromatic carbocycles. The summed E-state index contributed by atoms with van der Waals surface area (Å²) in [4.78, 5) is 44.7. The predicted molar refractivity (Wildman–Crippen MR) is 164 cm³/mol. The SMILES string of the molecule is CC(C)(C)C(=O)n1nc(-c2c(C#Cc3ccccc3)ccc(=O)n2CC(=O)c2cnco2)cc1SCc1ccc(Cl)s1. The van der Waals surface area contributed by atoms with Crippen molar-refractivity contribution in [2.24, 2.45) is 5.41 Å². The molecule has 0 saturated heterocycles. The second kappa shape index (κ2) is 12.4. The van der Waals surface area contributed by atoms with Crippen molar-refractivity contribution in [3.05, 3.63) is 110 Å². The molecule has 5 aromatic rings. The monoisotopic (exact) mass is 616 g/mol. The molecular weight excluding hydrogens is 592 g/mol. The Hall–Kier alpha value is -4.17. The number of benzene rings is 1. The third-order valence-corrected chi connectivity index (χ3v) is 8.51. The summed E-state index contributed by atoms with van der Waals surface area (Å²) in [6.45, 7) is 5.11. The van der Waals surface area contributed by atoms with E-state index in [2.05, 4.69) is 16.8 Å². The highest BCUT2D eigenvalue weighted by Crippen LogP contribution is 2.33. The molecule has 0 fully saturated rings. The first-order chi connectivity index (χ1) is 20.1. The normalized spacial score (nSPS) is 11.2. The Morgan fingerprint density at radius 2 is 1.86 bits per heavy atom. The maximum Gasteiger partial charge on any atom is 0.253 e. The zero-order valence-corrected chi connectivity index (χ0v) is 25.3. The number of hydrogen-bond donors (Lipinski definition) is 0. The zero-order chi connectivity index (χ0) is 29.9. The van der Waals surface area contributed by atoms with Crippen LogP contribution in [0.1, 0.15) is 52.1 Å². The van der Waals surface area contributed by atoms with Crippen LogP contribution >= 0.6 is 34.7 Å². The fourth-order valence-corrected chi connectivity index (χ4v) is 6.09. The lowest BCUT2D eigenvalue weighted by Gasteiger charge is -2.17. The molecule has 42 heavy (non-hydrogen) atoms. The quantitative estimate of drug-likeness (QED) is 0.114. The molecule has 0 saturated carbocycles. The van der Waals surface area contributed by atoms with Crippen molar-refractivity contribution in [3.63, 3.8) is 0 Å². The first-order valence-corrected chi connectivity index (χ1v) is 15.0. The number of hydrogen-bond acceptors (Lipinski definition) is 8. The van der Waals surface area contributed by atoms with Crippen LogP contribution in [0.5, 0.6) is 0 Å². The van der Waals surface area contributed by atoms with E-state index in [-0.39, 0.29) is 18.2 Å². The minimum Gasteiger partial charge on any atom is -0.440 e. The molecule has 4 heterocycles. The number of oxazole rings is 1. The molecule has 0 bridgehead atoms. The van der Waals surface area contributed by atoms with E-state index in [9.17, 15) is 14.4 Å². The maximum absolute atomic E-state index is 13.5. The topological polar surface area (TPSA) is 100.0 Å². The van der Waals surface area contributed by atoms with Gasteiger partial charge >= 0.3 is 0 Å². The minimum absolute atomic E-state index is 0.0212. The Bertz CT molecular complexity index is 1870. The Morgan fingerprint density at radius 1 is 1.07 bits per heavy atom. The zero-order valence-electron chi connectivity index (χ0n) is 23.0. The van der Waals surface area contributed by atoms with Gasteiger partial charge in [-0.3, -0.25) is 19.0 Å². The van der Waals surface area contributed by atoms with Crippen LogP contribution in [0.15, 0.2) is 87.5 Å². The molecule has 0 unspecified atom stereocenters. The molecule has 0 radical (unpaired) electrons. The number of ketones is 1. The van der Waals surface area contributed by atoms with E-state index in [1.807, 2.05) is 63.2 Å². The van der Waals surface area contributed by atoms with Gasteiger partial charge in [-0.05, 0) is 30.3 Å². The van der Waals surface area contributed by atoms with Gasteiger partial charge in [-0.25, -0.2) is 4.98 Å². The van der Waals surface area contributed by atoms with Gasteiger partial charge in [0.2, 0.25) is 5.78 Å². The summed E-state index contributed by atoms with van der Waals surface area (Å²) in [5.74, 6) is 6.18. The smallest absolute Gasteiger partial charge is 0.253 e. The maximum atomic E-state index is 13.5. The Balaban J connectivity index is 1.66. The molecule has 0 spiro atoms. The molecule has 212 valence electrons. The highest BCUT2D eigenvalue weighted by Gasteiger charge is 2.28. The predicted octanol–water partition coefficient (Wildman–Crippen LogP) is 6.68. The number of Topliss-reactive ketones (excluding diaryl/α,β-unsaturated/α-hetero) is 1. The first kappa shape index (κ1) is 29.3. The molecule has 11 heteroatoms. The third-order valence-electron chi connectivity index (χ3n) is 6.05. The molecule has 0 aliphatic carbocycles. The van der Waals surface area contributed by atoms with Gasteiger partial charge in [0.15, 0.2) is 12.2 Å². The van der Waals surface area contributed by atoms with Crippen molar-refractivity contribution in [2.45, 2.75) is 38.1 Å². The van der Waals surface area contributed by atoms with Gasteiger partial charge in [-0.1, -0.05) is 62.4 Å². The number of carbonyl (C=O) groups is 2. The summed E-state index contributed by atoms with van der Waals surface area (Å²) >= 11 is 9.02. The molecule has 0 atom stereocenters. The average Bonchev–Trinajstić information content (AvgIpc) is 3.73. The fourth-order valence-electron chi connectivity index (χ4n) is 3.97. The summed E-state index contributed by atoms with van der Waals surface area (Å²) in [5, 5.41) is 5.28. The van der Waals surface area contributed by atoms with Gasteiger partial charge in [0.05, 0.1) is 28.3 Å². The highest BCUT2D eigenvalue weighted by molar-refractivity contribution is 7.98. The molecule has 5 rings (SSSR count). The number of nitrogens with zero attached hydrogens (tertiary/aromatic N) is 4. The van der Waals surface area contributed by atoms with Crippen LogP contribution in [-0.2, 0) is 12.3 Å². The Labute approximate surface area is 255 Å². The first-order valence-electron chi connectivity index (χ1n) is 12.8. The van der Waals surface area contributed by atoms with E-state index in [0.29, 0.717) is 32.1 Å². The lowest BCUT2D eigenvalue weighted by Crippen LogP contribution is -2.28. The van der Waals surface area contributed by atoms with Crippen LogP contribution in [-0.4, -0.2) is 31.0 Å². The number of pyridine rings is 1. The van der Waals surface area contributed by atoms with Crippen molar-refractivity contribution < 1.29 is 14.0 Å². The molecule has 0 N–H and O–H groups in total. The average molecular weight is 617 g/mol. The number of thiophene rings is 1. The van der Waals surface area contributed by atoms with Crippen molar-refractivity contribution in [1.29, 1.82) is 0 Å². The van der Waals surface area contributed by atoms with Gasteiger partial charge in [0.1, 0.15) is 10.7 Å². The highest BCUT2D eigenvalue weighted by atomic mass is 35.5. The number of thioether (sulfide) groups is 1. The van der Waals surface area contributed by atoms with E-state index in [0.717, 1.165) is 16.8 Å². The van der Waals surface area contributed by atoms with Crippen molar-refractivity contribution in [1.82, 2.24) is 19.3 Å². The summed E-state index contributed by atoms with van der Waals surface area (Å²) < 4.78 is 8.53. The van der Waals surface area contributed by atoms with Crippen LogP contribution in [0.2, 0.25) is 4.34 Å². The molecule has 8 nitrogen and oxygen atoms in total. The van der Waals surface area contributed by atoms with E-state index < -0.39 is 16.8 Å². The molecule has 4 aromatic heterocycles. The molecule has 0 aliphatic rings. The summed E-state index contributed by atoms with van der Waals surface area (Å²) in [6.07, 6.45) is 2.46. The second-order valence-corrected chi connectivity index (χ2v) is 13.0. The lowest BCUT2D eigenvalue weighted by molar-refractivity contribution is 0.0736. The fraction of sp³-hybridized carbons (Fsp3) is 0.194. The van der Waals surface area contributed by atoms with Crippen molar-refractivity contribution in [3.8, 4) is 23.2 Å². The number of aromatic nitrogens is 4. The van der Waals surface area contributed by atoms with Gasteiger partial charge in [0.25, 0.3) is 11.5 Å². The Kier molecular flexibility index (Phi) is 8.64. The number of rotatable bonds is 7. The minimum atomic E-state index is -0.737. The van der Waals surface area contributed by atoms with Crippen LogP contribution in [0.4, 0.5) is 0 Å². The van der Waals surface area contributed by atoms with E-state index in [1.54, 1.807) is 12.1 Å². The lowest BCUT2D eigenvalue weighted by atomic mass is 9.96. The van der Waals surface area contributed by atoms with Gasteiger partial charge in [-0.15, -0.1) is 23.1 Å². The van der Waals surface area contributed by atoms with Crippen LogP contribution in [0.25, 0.3) is 11.4 Å². The Morgan fingerprint density at radius 3 is 2.52 bits per heavy atom. The third kappa shape index (κ3) is 6.65. The van der Waals surface area contributed by atoms with Crippen molar-refractivity contribution >= 4 is 46.4 Å². The largest absolute Gasteiger partial charge is 0.440 e. The van der Waals surface area contributed by atoms with E-state index in [1.165, 1.54) is 44.6 Å². The van der Waals surface area contributed by atoms with E-state index in [4.69, 9.17) is 21.1 Å². The van der Waals surface area contributed by atoms with Crippen molar-refractivity contribution in [2.75, 3.05) is 0 Å². The summed E-state index contributed by atoms with van der Waals surface area (Å²) in [6, 6.07) is 17.9. The molecular formula is C31H25ClN4O4S2. The summed E-state index contributed by atoms with van der Waals surface area (Å²) in [5.41, 5.74) is 0.734. The molecule has 0 aliphatic heterocycles. The summed E-state index contributed by atoms with van der Waals surface area (Å²) in [7, 11) is 0. The number of carbonyl (C=O) groups excluding carboxylic acids is 2. The standard InChI is InChI=1S/C31H25ClN4O4S2/c1-31(2,3)30(39)36-28(41-18-22-12-13-26(32)42-22)15-23(34-36)29-21(10-9-20-7-5-4-6-8-20)11-14-27(38)35(29)17-24(37)25-16-33-19-40-25/h4-8,11-16,19H,17-18H2,1-3H3.